The maximum absolute atomic E-state index is 13.7. The number of fused-ring (bicyclic) bond motifs is 2. The van der Waals surface area contributed by atoms with Gasteiger partial charge in [-0.3, -0.25) is 53.5 Å². The lowest BCUT2D eigenvalue weighted by molar-refractivity contribution is -0.141. The Kier molecular flexibility index (Phi) is 12.1. The molecule has 4 fully saturated rings. The summed E-state index contributed by atoms with van der Waals surface area (Å²) in [4.78, 5) is 91.2. The minimum Gasteiger partial charge on any atom is -0.494 e. The first-order chi connectivity index (χ1) is 31.6. The van der Waals surface area contributed by atoms with Gasteiger partial charge in [-0.2, -0.15) is 18.3 Å². The largest absolute Gasteiger partial charge is 0.494 e. The van der Waals surface area contributed by atoms with E-state index in [1.165, 1.54) is 13.2 Å². The van der Waals surface area contributed by atoms with E-state index in [4.69, 9.17) is 4.74 Å². The summed E-state index contributed by atoms with van der Waals surface area (Å²) in [5.74, 6) is -2.44. The van der Waals surface area contributed by atoms with Crippen LogP contribution < -0.4 is 20.3 Å². The molecule has 7 heterocycles. The van der Waals surface area contributed by atoms with Crippen molar-refractivity contribution in [3.05, 3.63) is 77.2 Å². The summed E-state index contributed by atoms with van der Waals surface area (Å²) in [6, 6.07) is 10.9. The summed E-state index contributed by atoms with van der Waals surface area (Å²) in [6.07, 6.45) is 0.900. The first-order valence-electron chi connectivity index (χ1n) is 22.3. The van der Waals surface area contributed by atoms with Crippen molar-refractivity contribution in [3.63, 3.8) is 0 Å². The Morgan fingerprint density at radius 1 is 0.924 bits per heavy atom. The van der Waals surface area contributed by atoms with Crippen LogP contribution in [0.5, 0.6) is 5.75 Å². The Bertz CT molecular complexity index is 2600. The fourth-order valence-corrected chi connectivity index (χ4v) is 10.1. The third-order valence-electron chi connectivity index (χ3n) is 14.0. The van der Waals surface area contributed by atoms with Crippen molar-refractivity contribution in [1.29, 1.82) is 0 Å². The number of carbonyl (C=O) groups is 6. The highest BCUT2D eigenvalue weighted by Crippen LogP contribution is 2.44. The number of piperazine rings is 1. The number of halogens is 3. The second-order valence-corrected chi connectivity index (χ2v) is 18.0. The second kappa shape index (κ2) is 17.8. The van der Waals surface area contributed by atoms with Crippen LogP contribution in [-0.4, -0.2) is 148 Å². The van der Waals surface area contributed by atoms with Crippen LogP contribution in [0.2, 0.25) is 0 Å². The molecule has 348 valence electrons. The molecule has 6 amide bonds. The van der Waals surface area contributed by atoms with E-state index >= 15 is 0 Å². The van der Waals surface area contributed by atoms with Crippen LogP contribution in [0, 0.1) is 5.41 Å². The normalized spacial score (nSPS) is 21.7. The number of benzene rings is 2. The lowest BCUT2D eigenvalue weighted by Gasteiger charge is -2.48. The van der Waals surface area contributed by atoms with Crippen molar-refractivity contribution in [2.75, 3.05) is 76.2 Å². The number of imide groups is 2. The van der Waals surface area contributed by atoms with Gasteiger partial charge >= 0.3 is 6.18 Å². The molecule has 2 N–H and O–H groups in total. The molecule has 0 saturated carbocycles. The molecule has 1 unspecified atom stereocenters. The van der Waals surface area contributed by atoms with Crippen LogP contribution in [0.1, 0.15) is 82.3 Å². The minimum atomic E-state index is -4.69. The summed E-state index contributed by atoms with van der Waals surface area (Å²) >= 11 is 0. The van der Waals surface area contributed by atoms with E-state index in [1.54, 1.807) is 24.3 Å². The number of carbonyl (C=O) groups excluding carboxylic acids is 6. The fraction of sp³-hybridized carbons (Fsp3) is 0.478. The maximum atomic E-state index is 13.7. The molecular formula is C46H51F3N10O7. The summed E-state index contributed by atoms with van der Waals surface area (Å²) in [7, 11) is 1.43. The molecule has 4 saturated heterocycles. The summed E-state index contributed by atoms with van der Waals surface area (Å²) < 4.78 is 46.8. The van der Waals surface area contributed by atoms with Crippen LogP contribution in [0.4, 0.5) is 24.5 Å². The highest BCUT2D eigenvalue weighted by molar-refractivity contribution is 6.25. The highest BCUT2D eigenvalue weighted by Gasteiger charge is 2.47. The molecule has 0 bridgehead atoms. The number of ether oxygens (including phenoxy) is 1. The van der Waals surface area contributed by atoms with Gasteiger partial charge in [0.15, 0.2) is 0 Å². The average molecular weight is 913 g/mol. The van der Waals surface area contributed by atoms with E-state index < -0.39 is 47.4 Å². The zero-order valence-corrected chi connectivity index (χ0v) is 36.7. The smallest absolute Gasteiger partial charge is 0.433 e. The molecule has 0 aliphatic carbocycles. The van der Waals surface area contributed by atoms with Crippen molar-refractivity contribution >= 4 is 57.7 Å². The number of piperidine rings is 3. The number of hydrogen-bond donors (Lipinski definition) is 2. The topological polar surface area (TPSA) is 183 Å². The zero-order valence-electron chi connectivity index (χ0n) is 36.7. The third-order valence-corrected chi connectivity index (χ3v) is 14.0. The Morgan fingerprint density at radius 2 is 1.67 bits per heavy atom. The van der Waals surface area contributed by atoms with Crippen molar-refractivity contribution in [3.8, 4) is 5.75 Å². The molecular weight excluding hydrogens is 862 g/mol. The molecule has 1 spiro atoms. The molecule has 9 rings (SSSR count). The van der Waals surface area contributed by atoms with E-state index in [2.05, 4.69) is 42.3 Å². The number of alkyl halides is 3. The minimum absolute atomic E-state index is 0.0636. The fourth-order valence-electron chi connectivity index (χ4n) is 10.1. The van der Waals surface area contributed by atoms with Crippen molar-refractivity contribution in [2.45, 2.75) is 70.3 Å². The van der Waals surface area contributed by atoms with E-state index in [9.17, 15) is 41.9 Å². The Hall–Kier alpha value is -6.41. The molecule has 2 atom stereocenters. The summed E-state index contributed by atoms with van der Waals surface area (Å²) in [6.45, 7) is 8.87. The maximum Gasteiger partial charge on any atom is 0.433 e. The van der Waals surface area contributed by atoms with Crippen LogP contribution in [0.3, 0.4) is 0 Å². The van der Waals surface area contributed by atoms with Crippen LogP contribution in [0.15, 0.2) is 54.7 Å². The lowest BCUT2D eigenvalue weighted by Crippen LogP contribution is -2.56. The van der Waals surface area contributed by atoms with Gasteiger partial charge in [-0.25, -0.2) is 4.98 Å². The first-order valence-corrected chi connectivity index (χ1v) is 22.3. The highest BCUT2D eigenvalue weighted by atomic mass is 19.4. The number of pyridine rings is 1. The average Bonchev–Trinajstić information content (AvgIpc) is 3.82. The van der Waals surface area contributed by atoms with Gasteiger partial charge in [-0.1, -0.05) is 12.1 Å². The van der Waals surface area contributed by atoms with Crippen molar-refractivity contribution in [2.24, 2.45) is 5.41 Å². The van der Waals surface area contributed by atoms with Crippen LogP contribution in [-0.2, 0) is 27.1 Å². The van der Waals surface area contributed by atoms with Crippen molar-refractivity contribution < 1.29 is 46.7 Å². The van der Waals surface area contributed by atoms with E-state index in [0.717, 1.165) is 68.9 Å². The van der Waals surface area contributed by atoms with Crippen molar-refractivity contribution in [1.82, 2.24) is 39.7 Å². The molecule has 4 aromatic rings. The van der Waals surface area contributed by atoms with Crippen LogP contribution >= 0.6 is 0 Å². The number of likely N-dealkylation sites (tertiary alicyclic amines) is 1. The van der Waals surface area contributed by atoms with Crippen LogP contribution in [0.25, 0.3) is 10.9 Å². The molecule has 5 aliphatic heterocycles. The Labute approximate surface area is 378 Å². The van der Waals surface area contributed by atoms with Gasteiger partial charge in [0.2, 0.25) is 17.7 Å². The van der Waals surface area contributed by atoms with Gasteiger partial charge in [0, 0.05) is 82.5 Å². The number of methoxy groups -OCH3 is 1. The van der Waals surface area contributed by atoms with E-state index in [-0.39, 0.29) is 47.2 Å². The molecule has 17 nitrogen and oxygen atoms in total. The molecule has 0 radical (unpaired) electrons. The number of rotatable bonds is 10. The van der Waals surface area contributed by atoms with Gasteiger partial charge in [0.1, 0.15) is 23.2 Å². The number of hydrogen-bond acceptors (Lipinski definition) is 12. The Balaban J connectivity index is 0.733. The lowest BCUT2D eigenvalue weighted by atomic mass is 9.71. The number of aromatic nitrogens is 3. The predicted octanol–water partition coefficient (Wildman–Crippen LogP) is 4.03. The molecule has 2 aromatic heterocycles. The number of amides is 6. The van der Waals surface area contributed by atoms with Gasteiger partial charge in [-0.05, 0) is 74.8 Å². The van der Waals surface area contributed by atoms with Gasteiger partial charge in [0.05, 0.1) is 48.2 Å². The summed E-state index contributed by atoms with van der Waals surface area (Å²) in [5, 5.41) is 10.3. The molecule has 5 aliphatic rings. The van der Waals surface area contributed by atoms with Gasteiger partial charge < -0.3 is 19.9 Å². The zero-order chi connectivity index (χ0) is 46.5. The SMILES string of the molecule is COc1cc2nn(CCN3CCN(CC(=O)N4CCC5(CC4)CCN(c4cccc6c4C(=O)N(C4CCC(=O)NC4=O)C6=O)CC5)[C@H](C)C3)cc2cc1NC(=O)c1cccc(C(F)(F)F)n1. The van der Waals surface area contributed by atoms with E-state index in [0.29, 0.717) is 67.2 Å². The van der Waals surface area contributed by atoms with E-state index in [1.807, 2.05) is 21.8 Å². The van der Waals surface area contributed by atoms with Gasteiger partial charge in [-0.15, -0.1) is 0 Å². The third kappa shape index (κ3) is 8.82. The number of anilines is 2. The standard InChI is InChI=1S/C46H51F3N10O7/c1-28-25-54(20-22-58-26-29-23-33(36(66-2)24-32(29)53-58)51-41(62)31-6-4-8-37(50-31)46(47,48)49)19-21-57(28)27-39(61)56-17-13-45(14-18-56)11-15-55(16-12-45)34-7-3-5-30-40(34)44(65)59(43(30)64)35-9-10-38(60)52-42(35)63/h3-8,23-24,26,28,35H,9-22,25,27H2,1-2H3,(H,51,62)(H,52,60,63)/t28-,35?/m1/s1. The number of nitrogens with one attached hydrogen (secondary N) is 2. The summed E-state index contributed by atoms with van der Waals surface area (Å²) in [5.41, 5.74) is 0.720. The molecule has 66 heavy (non-hydrogen) atoms. The van der Waals surface area contributed by atoms with Gasteiger partial charge in [0.25, 0.3) is 17.7 Å². The predicted molar refractivity (Wildman–Crippen MR) is 234 cm³/mol. The molecule has 2 aromatic carbocycles. The molecule has 20 heteroatoms. The first kappa shape index (κ1) is 44.8. The number of nitrogens with zero attached hydrogens (tertiary/aromatic N) is 8. The second-order valence-electron chi connectivity index (χ2n) is 18.0. The monoisotopic (exact) mass is 912 g/mol. The quantitative estimate of drug-likeness (QED) is 0.219. The Morgan fingerprint density at radius 3 is 2.38 bits per heavy atom.